The first kappa shape index (κ1) is 18.1. The lowest BCUT2D eigenvalue weighted by molar-refractivity contribution is -0.151. The van der Waals surface area contributed by atoms with Crippen molar-refractivity contribution >= 4 is 46.3 Å². The minimum Gasteiger partial charge on any atom is -0.466 e. The Kier molecular flexibility index (Phi) is 5.86. The van der Waals surface area contributed by atoms with Gasteiger partial charge in [0.2, 0.25) is 5.91 Å². The maximum atomic E-state index is 12.4. The monoisotopic (exact) mass is 381 g/mol. The molecule has 1 fully saturated rings. The molecule has 0 unspecified atom stereocenters. The summed E-state index contributed by atoms with van der Waals surface area (Å²) in [6.07, 6.45) is 1.33. The molecule has 1 aromatic carbocycles. The van der Waals surface area contributed by atoms with E-state index in [2.05, 4.69) is 9.97 Å². The number of hydrogen-bond acceptors (Lipinski definition) is 5. The molecule has 1 aliphatic rings. The van der Waals surface area contributed by atoms with Crippen molar-refractivity contribution in [3.05, 3.63) is 23.2 Å². The van der Waals surface area contributed by atoms with Crippen molar-refractivity contribution in [2.75, 3.05) is 25.4 Å². The topological polar surface area (TPSA) is 75.3 Å². The molecule has 1 saturated heterocycles. The third-order valence-corrected chi connectivity index (χ3v) is 5.32. The van der Waals surface area contributed by atoms with Crippen LogP contribution >= 0.6 is 23.4 Å². The predicted molar refractivity (Wildman–Crippen MR) is 97.8 cm³/mol. The van der Waals surface area contributed by atoms with Gasteiger partial charge in [0, 0.05) is 18.1 Å². The second-order valence-corrected chi connectivity index (χ2v) is 7.30. The molecule has 0 aliphatic carbocycles. The number of halogens is 1. The fourth-order valence-electron chi connectivity index (χ4n) is 2.87. The second kappa shape index (κ2) is 8.10. The number of imidazole rings is 1. The van der Waals surface area contributed by atoms with Crippen molar-refractivity contribution in [2.24, 2.45) is 5.92 Å². The molecular formula is C17H20ClN3O3S. The van der Waals surface area contributed by atoms with Crippen molar-refractivity contribution in [2.45, 2.75) is 24.9 Å². The standard InChI is InChI=1S/C17H20ClN3O3S/c1-2-24-16(23)11-5-7-21(8-6-11)15(22)10-25-17-19-13-4-3-12(18)9-14(13)20-17/h3-4,9,11H,2,5-8,10H2,1H3,(H,19,20). The summed E-state index contributed by atoms with van der Waals surface area (Å²) in [4.78, 5) is 33.5. The molecule has 8 heteroatoms. The molecule has 25 heavy (non-hydrogen) atoms. The number of carbonyl (C=O) groups is 2. The number of nitrogens with zero attached hydrogens (tertiary/aromatic N) is 2. The number of rotatable bonds is 5. The van der Waals surface area contributed by atoms with Crippen molar-refractivity contribution < 1.29 is 14.3 Å². The SMILES string of the molecule is CCOC(=O)C1CCN(C(=O)CSc2nc3ccc(Cl)cc3[nH]2)CC1. The van der Waals surface area contributed by atoms with E-state index in [1.54, 1.807) is 13.0 Å². The van der Waals surface area contributed by atoms with Gasteiger partial charge in [-0.3, -0.25) is 9.59 Å². The molecule has 0 saturated carbocycles. The minimum atomic E-state index is -0.148. The largest absolute Gasteiger partial charge is 0.466 e. The Bertz CT molecular complexity index is 772. The van der Waals surface area contributed by atoms with Gasteiger partial charge in [0.05, 0.1) is 29.3 Å². The highest BCUT2D eigenvalue weighted by Crippen LogP contribution is 2.24. The maximum absolute atomic E-state index is 12.4. The Balaban J connectivity index is 1.50. The quantitative estimate of drug-likeness (QED) is 0.636. The highest BCUT2D eigenvalue weighted by Gasteiger charge is 2.28. The van der Waals surface area contributed by atoms with E-state index in [0.29, 0.717) is 48.5 Å². The minimum absolute atomic E-state index is 0.0609. The Morgan fingerprint density at radius 1 is 1.40 bits per heavy atom. The summed E-state index contributed by atoms with van der Waals surface area (Å²) in [6, 6.07) is 5.45. The highest BCUT2D eigenvalue weighted by molar-refractivity contribution is 7.99. The van der Waals surface area contributed by atoms with Crippen LogP contribution in [0.1, 0.15) is 19.8 Å². The maximum Gasteiger partial charge on any atom is 0.309 e. The van der Waals surface area contributed by atoms with Crippen LogP contribution in [-0.4, -0.2) is 52.2 Å². The summed E-state index contributed by atoms with van der Waals surface area (Å²) >= 11 is 7.34. The molecule has 1 amide bonds. The normalized spacial score (nSPS) is 15.5. The van der Waals surface area contributed by atoms with Gasteiger partial charge in [-0.2, -0.15) is 0 Å². The zero-order chi connectivity index (χ0) is 17.8. The van der Waals surface area contributed by atoms with Crippen LogP contribution in [-0.2, 0) is 14.3 Å². The fourth-order valence-corrected chi connectivity index (χ4v) is 3.83. The van der Waals surface area contributed by atoms with Gasteiger partial charge >= 0.3 is 5.97 Å². The van der Waals surface area contributed by atoms with Crippen molar-refractivity contribution in [3.8, 4) is 0 Å². The summed E-state index contributed by atoms with van der Waals surface area (Å²) in [7, 11) is 0. The number of ether oxygens (including phenoxy) is 1. The number of benzene rings is 1. The van der Waals surface area contributed by atoms with E-state index in [-0.39, 0.29) is 17.8 Å². The van der Waals surface area contributed by atoms with Gasteiger partial charge in [0.15, 0.2) is 5.16 Å². The van der Waals surface area contributed by atoms with Crippen molar-refractivity contribution in [3.63, 3.8) is 0 Å². The number of aromatic nitrogens is 2. The number of H-pyrrole nitrogens is 1. The molecule has 2 aromatic rings. The smallest absolute Gasteiger partial charge is 0.309 e. The fraction of sp³-hybridized carbons (Fsp3) is 0.471. The van der Waals surface area contributed by atoms with Crippen LogP contribution in [0.5, 0.6) is 0 Å². The number of hydrogen-bond donors (Lipinski definition) is 1. The van der Waals surface area contributed by atoms with Gasteiger partial charge in [0.1, 0.15) is 0 Å². The van der Waals surface area contributed by atoms with E-state index in [4.69, 9.17) is 16.3 Å². The zero-order valence-corrected chi connectivity index (χ0v) is 15.5. The third-order valence-electron chi connectivity index (χ3n) is 4.22. The molecule has 1 N–H and O–H groups in total. The summed E-state index contributed by atoms with van der Waals surface area (Å²) in [5.41, 5.74) is 1.69. The van der Waals surface area contributed by atoms with Gasteiger partial charge in [-0.1, -0.05) is 23.4 Å². The summed E-state index contributed by atoms with van der Waals surface area (Å²) < 4.78 is 5.05. The number of esters is 1. The van der Waals surface area contributed by atoms with Crippen LogP contribution in [0.4, 0.5) is 0 Å². The van der Waals surface area contributed by atoms with Gasteiger partial charge in [-0.05, 0) is 38.0 Å². The summed E-state index contributed by atoms with van der Waals surface area (Å²) in [5, 5.41) is 1.35. The van der Waals surface area contributed by atoms with Crippen molar-refractivity contribution in [1.82, 2.24) is 14.9 Å². The van der Waals surface area contributed by atoms with Gasteiger partial charge in [0.25, 0.3) is 0 Å². The van der Waals surface area contributed by atoms with E-state index in [0.717, 1.165) is 11.0 Å². The van der Waals surface area contributed by atoms with Crippen molar-refractivity contribution in [1.29, 1.82) is 0 Å². The summed E-state index contributed by atoms with van der Waals surface area (Å²) in [5.74, 6) is 0.143. The first-order valence-electron chi connectivity index (χ1n) is 8.29. The molecule has 2 heterocycles. The number of amides is 1. The third kappa shape index (κ3) is 4.46. The lowest BCUT2D eigenvalue weighted by atomic mass is 9.97. The Morgan fingerprint density at radius 2 is 2.16 bits per heavy atom. The van der Waals surface area contributed by atoms with E-state index in [1.165, 1.54) is 11.8 Å². The van der Waals surface area contributed by atoms with Gasteiger partial charge in [-0.15, -0.1) is 0 Å². The number of aromatic amines is 1. The van der Waals surface area contributed by atoms with Crippen LogP contribution in [0.25, 0.3) is 11.0 Å². The van der Waals surface area contributed by atoms with Crippen LogP contribution in [0.3, 0.4) is 0 Å². The number of piperidine rings is 1. The van der Waals surface area contributed by atoms with Gasteiger partial charge < -0.3 is 14.6 Å². The number of fused-ring (bicyclic) bond motifs is 1. The molecule has 1 aliphatic heterocycles. The molecule has 0 spiro atoms. The Labute approximate surface area is 155 Å². The highest BCUT2D eigenvalue weighted by atomic mass is 35.5. The van der Waals surface area contributed by atoms with E-state index in [1.807, 2.05) is 17.0 Å². The van der Waals surface area contributed by atoms with Crippen LogP contribution in [0, 0.1) is 5.92 Å². The average Bonchev–Trinajstić information content (AvgIpc) is 3.02. The second-order valence-electron chi connectivity index (χ2n) is 5.90. The van der Waals surface area contributed by atoms with E-state index in [9.17, 15) is 9.59 Å². The van der Waals surface area contributed by atoms with E-state index < -0.39 is 0 Å². The Hall–Kier alpha value is -1.73. The lowest BCUT2D eigenvalue weighted by Gasteiger charge is -2.30. The first-order chi connectivity index (χ1) is 12.1. The van der Waals surface area contributed by atoms with Crippen LogP contribution in [0.15, 0.2) is 23.4 Å². The predicted octanol–water partition coefficient (Wildman–Crippen LogP) is 3.11. The molecule has 0 bridgehead atoms. The zero-order valence-electron chi connectivity index (χ0n) is 14.0. The lowest BCUT2D eigenvalue weighted by Crippen LogP contribution is -2.41. The van der Waals surface area contributed by atoms with Crippen LogP contribution in [0.2, 0.25) is 5.02 Å². The number of thioether (sulfide) groups is 1. The number of likely N-dealkylation sites (tertiary alicyclic amines) is 1. The van der Waals surface area contributed by atoms with Crippen LogP contribution < -0.4 is 0 Å². The average molecular weight is 382 g/mol. The molecular weight excluding hydrogens is 362 g/mol. The number of nitrogens with one attached hydrogen (secondary N) is 1. The molecule has 0 atom stereocenters. The molecule has 6 nitrogen and oxygen atoms in total. The molecule has 1 aromatic heterocycles. The Morgan fingerprint density at radius 3 is 2.88 bits per heavy atom. The first-order valence-corrected chi connectivity index (χ1v) is 9.65. The summed E-state index contributed by atoms with van der Waals surface area (Å²) in [6.45, 7) is 3.40. The number of carbonyl (C=O) groups excluding carboxylic acids is 2. The molecule has 3 rings (SSSR count). The molecule has 134 valence electrons. The van der Waals surface area contributed by atoms with Gasteiger partial charge in [-0.25, -0.2) is 4.98 Å². The molecule has 0 radical (unpaired) electrons. The van der Waals surface area contributed by atoms with E-state index >= 15 is 0 Å².